The van der Waals surface area contributed by atoms with Crippen LogP contribution < -0.4 is 4.57 Å². The number of aryl methyl sites for hydroxylation is 1. The smallest absolute Gasteiger partial charge is 0.230 e. The molecule has 0 atom stereocenters. The maximum Gasteiger partial charge on any atom is 0.244 e. The molecular formula is C21H21F2N2+. The van der Waals surface area contributed by atoms with Gasteiger partial charge in [0.2, 0.25) is 6.33 Å². The van der Waals surface area contributed by atoms with Gasteiger partial charge in [-0.2, -0.15) is 0 Å². The second kappa shape index (κ2) is 6.43. The Balaban J connectivity index is 1.91. The molecule has 0 bridgehead atoms. The lowest BCUT2D eigenvalue weighted by atomic mass is 10.0. The average Bonchev–Trinajstić information content (AvgIpc) is 3.36. The van der Waals surface area contributed by atoms with Crippen molar-refractivity contribution >= 4 is 0 Å². The molecule has 3 aromatic rings. The van der Waals surface area contributed by atoms with E-state index in [-0.39, 0.29) is 11.6 Å². The zero-order valence-corrected chi connectivity index (χ0v) is 14.3. The molecule has 1 heterocycles. The number of hydrogen-bond acceptors (Lipinski definition) is 0. The molecule has 1 aliphatic carbocycles. The van der Waals surface area contributed by atoms with Crippen LogP contribution in [0.3, 0.4) is 0 Å². The van der Waals surface area contributed by atoms with Crippen LogP contribution >= 0.6 is 0 Å². The van der Waals surface area contributed by atoms with E-state index in [0.29, 0.717) is 0 Å². The van der Waals surface area contributed by atoms with Crippen LogP contribution in [-0.4, -0.2) is 4.57 Å². The van der Waals surface area contributed by atoms with E-state index >= 15 is 0 Å². The molecule has 25 heavy (non-hydrogen) atoms. The predicted molar refractivity (Wildman–Crippen MR) is 93.8 cm³/mol. The van der Waals surface area contributed by atoms with Crippen LogP contribution in [0.25, 0.3) is 22.5 Å². The van der Waals surface area contributed by atoms with Gasteiger partial charge in [-0.3, -0.25) is 0 Å². The molecule has 0 amide bonds. The normalized spacial score (nSPS) is 14.0. The van der Waals surface area contributed by atoms with Crippen LogP contribution in [0.15, 0.2) is 54.9 Å². The largest absolute Gasteiger partial charge is 0.244 e. The molecule has 4 rings (SSSR count). The number of benzene rings is 2. The number of aromatic nitrogens is 2. The Morgan fingerprint density at radius 1 is 0.920 bits per heavy atom. The van der Waals surface area contributed by atoms with Gasteiger partial charge in [0.15, 0.2) is 11.4 Å². The van der Waals surface area contributed by atoms with Crippen LogP contribution in [0, 0.1) is 17.6 Å². The molecule has 0 aliphatic heterocycles. The Kier molecular flexibility index (Phi) is 4.12. The molecule has 128 valence electrons. The minimum atomic E-state index is -0.243. The molecule has 0 radical (unpaired) electrons. The lowest BCUT2D eigenvalue weighted by Crippen LogP contribution is -2.35. The fraction of sp³-hybridized carbons (Fsp3) is 0.286. The van der Waals surface area contributed by atoms with E-state index in [4.69, 9.17) is 0 Å². The number of imidazole rings is 1. The minimum absolute atomic E-state index is 0.240. The van der Waals surface area contributed by atoms with Gasteiger partial charge in [-0.15, -0.1) is 0 Å². The summed E-state index contributed by atoms with van der Waals surface area (Å²) in [6, 6.07) is 13.2. The summed E-state index contributed by atoms with van der Waals surface area (Å²) in [5, 5.41) is 0. The van der Waals surface area contributed by atoms with Crippen LogP contribution in [0.5, 0.6) is 0 Å². The third-order valence-electron chi connectivity index (χ3n) is 4.81. The van der Waals surface area contributed by atoms with Gasteiger partial charge in [0, 0.05) is 11.1 Å². The Bertz CT molecular complexity index is 876. The van der Waals surface area contributed by atoms with Crippen LogP contribution in [0.4, 0.5) is 8.78 Å². The van der Waals surface area contributed by atoms with Gasteiger partial charge in [0.25, 0.3) is 0 Å². The first kappa shape index (κ1) is 16.0. The van der Waals surface area contributed by atoms with Gasteiger partial charge < -0.3 is 0 Å². The van der Waals surface area contributed by atoms with Gasteiger partial charge in [-0.05, 0) is 74.2 Å². The van der Waals surface area contributed by atoms with E-state index in [1.54, 1.807) is 0 Å². The zero-order valence-electron chi connectivity index (χ0n) is 14.3. The third kappa shape index (κ3) is 3.21. The van der Waals surface area contributed by atoms with Crippen molar-refractivity contribution in [1.82, 2.24) is 4.57 Å². The lowest BCUT2D eigenvalue weighted by Gasteiger charge is -2.06. The van der Waals surface area contributed by atoms with Crippen molar-refractivity contribution < 1.29 is 13.3 Å². The number of rotatable bonds is 5. The minimum Gasteiger partial charge on any atom is -0.230 e. The number of nitrogens with zero attached hydrogens (tertiary/aromatic N) is 2. The second-order valence-electron chi connectivity index (χ2n) is 6.71. The molecule has 0 saturated heterocycles. The summed E-state index contributed by atoms with van der Waals surface area (Å²) < 4.78 is 31.3. The summed E-state index contributed by atoms with van der Waals surface area (Å²) in [5.74, 6) is 0.237. The molecular weight excluding hydrogens is 318 g/mol. The maximum absolute atomic E-state index is 13.4. The van der Waals surface area contributed by atoms with Crippen LogP contribution in [0.2, 0.25) is 0 Å². The third-order valence-corrected chi connectivity index (χ3v) is 4.81. The highest BCUT2D eigenvalue weighted by molar-refractivity contribution is 5.76. The zero-order chi connectivity index (χ0) is 17.4. The summed E-state index contributed by atoms with van der Waals surface area (Å²) in [5.41, 5.74) is 4.07. The van der Waals surface area contributed by atoms with E-state index in [1.807, 2.05) is 24.3 Å². The van der Waals surface area contributed by atoms with Gasteiger partial charge >= 0.3 is 0 Å². The van der Waals surface area contributed by atoms with E-state index in [0.717, 1.165) is 41.5 Å². The van der Waals surface area contributed by atoms with Crippen molar-refractivity contribution in [2.24, 2.45) is 5.92 Å². The van der Waals surface area contributed by atoms with Gasteiger partial charge in [-0.1, -0.05) is 0 Å². The van der Waals surface area contributed by atoms with E-state index in [9.17, 15) is 8.78 Å². The Morgan fingerprint density at radius 3 is 2.00 bits per heavy atom. The molecule has 1 aromatic heterocycles. The summed E-state index contributed by atoms with van der Waals surface area (Å²) >= 11 is 0. The topological polar surface area (TPSA) is 8.81 Å². The van der Waals surface area contributed by atoms with Gasteiger partial charge in [0.1, 0.15) is 11.6 Å². The van der Waals surface area contributed by atoms with E-state index < -0.39 is 0 Å². The SMILES string of the molecule is CCn1c[n+](CC2CC2)c(-c2ccc(F)cc2)c1-c1ccc(F)cc1. The molecule has 0 unspecified atom stereocenters. The predicted octanol–water partition coefficient (Wildman–Crippen LogP) is 4.82. The standard InChI is InChI=1S/C21H21F2N2/c1-2-24-14-25(13-15-3-4-15)21(17-7-11-19(23)12-8-17)20(24)16-5-9-18(22)10-6-16/h5-12,14-15H,2-4,13H2,1H3/q+1. The molecule has 2 aromatic carbocycles. The highest BCUT2D eigenvalue weighted by Gasteiger charge is 2.30. The molecule has 0 N–H and O–H groups in total. The van der Waals surface area contributed by atoms with Gasteiger partial charge in [-0.25, -0.2) is 17.9 Å². The first-order valence-corrected chi connectivity index (χ1v) is 8.80. The van der Waals surface area contributed by atoms with Crippen molar-refractivity contribution in [2.45, 2.75) is 32.9 Å². The summed E-state index contributed by atoms with van der Waals surface area (Å²) in [7, 11) is 0. The molecule has 2 nitrogen and oxygen atoms in total. The summed E-state index contributed by atoms with van der Waals surface area (Å²) in [4.78, 5) is 0. The van der Waals surface area contributed by atoms with Crippen LogP contribution in [0.1, 0.15) is 19.8 Å². The Hall–Kier alpha value is -2.49. The monoisotopic (exact) mass is 339 g/mol. The van der Waals surface area contributed by atoms with Crippen molar-refractivity contribution in [3.63, 3.8) is 0 Å². The summed E-state index contributed by atoms with van der Waals surface area (Å²) in [6.07, 6.45) is 4.66. The highest BCUT2D eigenvalue weighted by atomic mass is 19.1. The molecule has 1 saturated carbocycles. The molecule has 4 heteroatoms. The van der Waals surface area contributed by atoms with Crippen LogP contribution in [-0.2, 0) is 13.1 Å². The van der Waals surface area contributed by atoms with Gasteiger partial charge in [0.05, 0.1) is 13.1 Å². The maximum atomic E-state index is 13.4. The average molecular weight is 339 g/mol. The van der Waals surface area contributed by atoms with E-state index in [2.05, 4.69) is 22.4 Å². The molecule has 1 aliphatic rings. The number of halogens is 2. The number of hydrogen-bond donors (Lipinski definition) is 0. The quantitative estimate of drug-likeness (QED) is 0.590. The fourth-order valence-electron chi connectivity index (χ4n) is 3.33. The van der Waals surface area contributed by atoms with Crippen molar-refractivity contribution in [1.29, 1.82) is 0 Å². The van der Waals surface area contributed by atoms with E-state index in [1.165, 1.54) is 37.1 Å². The Labute approximate surface area is 146 Å². The van der Waals surface area contributed by atoms with Crippen molar-refractivity contribution in [3.05, 3.63) is 66.5 Å². The lowest BCUT2D eigenvalue weighted by molar-refractivity contribution is -0.689. The Morgan fingerprint density at radius 2 is 1.48 bits per heavy atom. The first-order chi connectivity index (χ1) is 12.2. The molecule has 1 fully saturated rings. The fourth-order valence-corrected chi connectivity index (χ4v) is 3.33. The van der Waals surface area contributed by atoms with Crippen molar-refractivity contribution in [3.8, 4) is 22.5 Å². The molecule has 0 spiro atoms. The summed E-state index contributed by atoms with van der Waals surface area (Å²) in [6.45, 7) is 3.88. The highest BCUT2D eigenvalue weighted by Crippen LogP contribution is 2.34. The second-order valence-corrected chi connectivity index (χ2v) is 6.71. The van der Waals surface area contributed by atoms with Crippen molar-refractivity contribution in [2.75, 3.05) is 0 Å². The first-order valence-electron chi connectivity index (χ1n) is 8.80.